The van der Waals surface area contributed by atoms with E-state index in [2.05, 4.69) is 4.90 Å². The minimum Gasteiger partial charge on any atom is -0.342 e. The van der Waals surface area contributed by atoms with Gasteiger partial charge in [-0.25, -0.2) is 12.7 Å². The first-order valence-electron chi connectivity index (χ1n) is 7.61. The van der Waals surface area contributed by atoms with E-state index in [0.717, 1.165) is 38.3 Å². The van der Waals surface area contributed by atoms with Gasteiger partial charge in [-0.3, -0.25) is 4.79 Å². The van der Waals surface area contributed by atoms with Crippen LogP contribution in [0.2, 0.25) is 0 Å². The second kappa shape index (κ2) is 4.98. The molecule has 0 aromatic carbocycles. The molecule has 0 unspecified atom stereocenters. The lowest BCUT2D eigenvalue weighted by atomic mass is 9.72. The Bertz CT molecular complexity index is 491. The van der Waals surface area contributed by atoms with E-state index in [4.69, 9.17) is 0 Å². The molecule has 0 N–H and O–H groups in total. The molecular weight excluding hydrogens is 276 g/mol. The number of nitrogens with zero attached hydrogens (tertiary/aromatic N) is 2. The van der Waals surface area contributed by atoms with E-state index in [1.54, 1.807) is 4.31 Å². The SMILES string of the molecule is CS(=O)(=O)N1CCC2(CCC(=O)N(CC3CC3)C2)CC1. The number of sulfonamides is 1. The van der Waals surface area contributed by atoms with E-state index in [9.17, 15) is 13.2 Å². The highest BCUT2D eigenvalue weighted by Gasteiger charge is 2.43. The van der Waals surface area contributed by atoms with Gasteiger partial charge in [-0.1, -0.05) is 0 Å². The maximum absolute atomic E-state index is 12.0. The summed E-state index contributed by atoms with van der Waals surface area (Å²) in [7, 11) is -3.06. The summed E-state index contributed by atoms with van der Waals surface area (Å²) in [4.78, 5) is 14.1. The van der Waals surface area contributed by atoms with Crippen LogP contribution in [0.5, 0.6) is 0 Å². The Morgan fingerprint density at radius 3 is 2.40 bits per heavy atom. The molecule has 5 nitrogen and oxygen atoms in total. The summed E-state index contributed by atoms with van der Waals surface area (Å²) >= 11 is 0. The lowest BCUT2D eigenvalue weighted by Crippen LogP contribution is -2.52. The molecule has 2 saturated heterocycles. The molecule has 2 aliphatic heterocycles. The van der Waals surface area contributed by atoms with Crippen LogP contribution in [0.15, 0.2) is 0 Å². The number of hydrogen-bond donors (Lipinski definition) is 0. The summed E-state index contributed by atoms with van der Waals surface area (Å²) in [6.45, 7) is 3.00. The number of carbonyl (C=O) groups is 1. The van der Waals surface area contributed by atoms with Crippen molar-refractivity contribution in [1.29, 1.82) is 0 Å². The average molecular weight is 300 g/mol. The molecule has 3 rings (SSSR count). The minimum absolute atomic E-state index is 0.171. The molecule has 1 amide bonds. The summed E-state index contributed by atoms with van der Waals surface area (Å²) in [5.41, 5.74) is 0.171. The number of rotatable bonds is 3. The maximum Gasteiger partial charge on any atom is 0.222 e. The summed E-state index contributed by atoms with van der Waals surface area (Å²) in [6, 6.07) is 0. The summed E-state index contributed by atoms with van der Waals surface area (Å²) in [6.07, 6.45) is 7.19. The van der Waals surface area contributed by atoms with Crippen molar-refractivity contribution in [2.45, 2.75) is 38.5 Å². The zero-order valence-corrected chi connectivity index (χ0v) is 13.0. The van der Waals surface area contributed by atoms with Crippen LogP contribution in [0.25, 0.3) is 0 Å². The fraction of sp³-hybridized carbons (Fsp3) is 0.929. The molecule has 1 saturated carbocycles. The molecule has 20 heavy (non-hydrogen) atoms. The smallest absolute Gasteiger partial charge is 0.222 e. The number of hydrogen-bond acceptors (Lipinski definition) is 3. The Balaban J connectivity index is 1.63. The van der Waals surface area contributed by atoms with Crippen LogP contribution in [-0.4, -0.2) is 56.0 Å². The fourth-order valence-corrected chi connectivity index (χ4v) is 4.43. The van der Waals surface area contributed by atoms with Crippen molar-refractivity contribution in [3.8, 4) is 0 Å². The van der Waals surface area contributed by atoms with E-state index in [0.29, 0.717) is 25.4 Å². The Kier molecular flexibility index (Phi) is 3.57. The fourth-order valence-electron chi connectivity index (χ4n) is 3.58. The van der Waals surface area contributed by atoms with Gasteiger partial charge in [-0.2, -0.15) is 0 Å². The van der Waals surface area contributed by atoms with Gasteiger partial charge in [0.2, 0.25) is 15.9 Å². The highest BCUT2D eigenvalue weighted by Crippen LogP contribution is 2.42. The van der Waals surface area contributed by atoms with Crippen LogP contribution >= 0.6 is 0 Å². The molecule has 0 bridgehead atoms. The topological polar surface area (TPSA) is 57.7 Å². The summed E-state index contributed by atoms with van der Waals surface area (Å²) < 4.78 is 24.8. The van der Waals surface area contributed by atoms with Gasteiger partial charge in [0.15, 0.2) is 0 Å². The van der Waals surface area contributed by atoms with Crippen molar-refractivity contribution < 1.29 is 13.2 Å². The molecule has 0 aromatic rings. The van der Waals surface area contributed by atoms with Gasteiger partial charge in [0.25, 0.3) is 0 Å². The number of likely N-dealkylation sites (tertiary alicyclic amines) is 1. The van der Waals surface area contributed by atoms with Crippen molar-refractivity contribution in [1.82, 2.24) is 9.21 Å². The minimum atomic E-state index is -3.06. The Morgan fingerprint density at radius 2 is 1.85 bits per heavy atom. The third-order valence-electron chi connectivity index (χ3n) is 5.18. The summed E-state index contributed by atoms with van der Waals surface area (Å²) in [5.74, 6) is 1.03. The van der Waals surface area contributed by atoms with Crippen molar-refractivity contribution in [2.75, 3.05) is 32.4 Å². The van der Waals surface area contributed by atoms with Gasteiger partial charge >= 0.3 is 0 Å². The van der Waals surface area contributed by atoms with Crippen LogP contribution in [0.1, 0.15) is 38.5 Å². The Morgan fingerprint density at radius 1 is 1.20 bits per heavy atom. The average Bonchev–Trinajstić information content (AvgIpc) is 3.18. The van der Waals surface area contributed by atoms with Crippen LogP contribution in [0.3, 0.4) is 0 Å². The second-order valence-electron chi connectivity index (χ2n) is 6.88. The van der Waals surface area contributed by atoms with E-state index >= 15 is 0 Å². The quantitative estimate of drug-likeness (QED) is 0.783. The van der Waals surface area contributed by atoms with Crippen LogP contribution < -0.4 is 0 Å². The van der Waals surface area contributed by atoms with Gasteiger partial charge < -0.3 is 4.90 Å². The van der Waals surface area contributed by atoms with E-state index in [1.165, 1.54) is 19.1 Å². The first-order valence-corrected chi connectivity index (χ1v) is 9.46. The van der Waals surface area contributed by atoms with Gasteiger partial charge in [-0.15, -0.1) is 0 Å². The number of carbonyl (C=O) groups excluding carboxylic acids is 1. The van der Waals surface area contributed by atoms with Crippen LogP contribution in [-0.2, 0) is 14.8 Å². The molecule has 1 spiro atoms. The predicted molar refractivity (Wildman–Crippen MR) is 76.6 cm³/mol. The monoisotopic (exact) mass is 300 g/mol. The molecule has 114 valence electrons. The first-order chi connectivity index (χ1) is 9.38. The van der Waals surface area contributed by atoms with Gasteiger partial charge in [0.05, 0.1) is 6.26 Å². The van der Waals surface area contributed by atoms with Gasteiger partial charge in [0, 0.05) is 32.6 Å². The largest absolute Gasteiger partial charge is 0.342 e. The van der Waals surface area contributed by atoms with Crippen molar-refractivity contribution in [2.24, 2.45) is 11.3 Å². The highest BCUT2D eigenvalue weighted by molar-refractivity contribution is 7.88. The van der Waals surface area contributed by atoms with Crippen molar-refractivity contribution in [3.63, 3.8) is 0 Å². The molecule has 2 heterocycles. The van der Waals surface area contributed by atoms with Crippen molar-refractivity contribution in [3.05, 3.63) is 0 Å². The molecule has 3 aliphatic rings. The predicted octanol–water partition coefficient (Wildman–Crippen LogP) is 1.06. The first kappa shape index (κ1) is 14.3. The second-order valence-corrected chi connectivity index (χ2v) is 8.86. The van der Waals surface area contributed by atoms with Gasteiger partial charge in [0.1, 0.15) is 0 Å². The molecular formula is C14H24N2O3S. The number of piperidine rings is 2. The molecule has 0 aromatic heterocycles. The third kappa shape index (κ3) is 3.01. The molecule has 6 heteroatoms. The standard InChI is InChI=1S/C14H24N2O3S/c1-20(18,19)16-8-6-14(7-9-16)5-4-13(17)15(11-14)10-12-2-3-12/h12H,2-11H2,1H3. The number of amides is 1. The Hall–Kier alpha value is -0.620. The molecule has 3 fully saturated rings. The lowest BCUT2D eigenvalue weighted by molar-refractivity contribution is -0.139. The molecule has 0 radical (unpaired) electrons. The van der Waals surface area contributed by atoms with E-state index in [1.807, 2.05) is 0 Å². The third-order valence-corrected chi connectivity index (χ3v) is 6.48. The zero-order chi connectivity index (χ0) is 14.4. The van der Waals surface area contributed by atoms with Crippen LogP contribution in [0, 0.1) is 11.3 Å². The van der Waals surface area contributed by atoms with Crippen molar-refractivity contribution >= 4 is 15.9 Å². The molecule has 0 atom stereocenters. The molecule has 1 aliphatic carbocycles. The Labute approximate surface area is 121 Å². The van der Waals surface area contributed by atoms with E-state index < -0.39 is 10.0 Å². The maximum atomic E-state index is 12.0. The van der Waals surface area contributed by atoms with Gasteiger partial charge in [-0.05, 0) is 43.4 Å². The highest BCUT2D eigenvalue weighted by atomic mass is 32.2. The lowest BCUT2D eigenvalue weighted by Gasteiger charge is -2.47. The zero-order valence-electron chi connectivity index (χ0n) is 12.2. The van der Waals surface area contributed by atoms with Crippen LogP contribution in [0.4, 0.5) is 0 Å². The van der Waals surface area contributed by atoms with E-state index in [-0.39, 0.29) is 5.41 Å². The normalized spacial score (nSPS) is 28.1. The summed E-state index contributed by atoms with van der Waals surface area (Å²) in [5, 5.41) is 0.